The van der Waals surface area contributed by atoms with Gasteiger partial charge in [-0.25, -0.2) is 0 Å². The Labute approximate surface area is 457 Å². The second kappa shape index (κ2) is 16.3. The van der Waals surface area contributed by atoms with Crippen molar-refractivity contribution in [1.29, 1.82) is 0 Å². The SMILES string of the molecule is CC(C)(C)c1ccc2c(c1)C(C)(C)c1ccccc1C21c2ccccc2-c2ccc(N(c3ccc(-c4ccccc4)cc3)c3ccc4c(c3)C3(c5ccccc5-4)c4ccccc4C(C)(C)c4cc(C(C)(C)C)ccc43)cc21. The van der Waals surface area contributed by atoms with Crippen molar-refractivity contribution in [2.75, 3.05) is 4.90 Å². The van der Waals surface area contributed by atoms with Gasteiger partial charge in [-0.2, -0.15) is 0 Å². The Bertz CT molecular complexity index is 3830. The van der Waals surface area contributed by atoms with E-state index < -0.39 is 10.8 Å². The Morgan fingerprint density at radius 3 is 1.03 bits per heavy atom. The van der Waals surface area contributed by atoms with E-state index in [1.807, 2.05) is 0 Å². The lowest BCUT2D eigenvalue weighted by molar-refractivity contribution is 0.549. The smallest absolute Gasteiger partial charge is 0.0720 e. The van der Waals surface area contributed by atoms with Crippen molar-refractivity contribution in [3.05, 3.63) is 302 Å². The van der Waals surface area contributed by atoms with Gasteiger partial charge in [0.25, 0.3) is 0 Å². The average molecular weight is 994 g/mol. The first-order valence-electron chi connectivity index (χ1n) is 27.9. The molecule has 0 amide bonds. The number of hydrogen-bond donors (Lipinski definition) is 0. The largest absolute Gasteiger partial charge is 0.310 e. The molecule has 1 nitrogen and oxygen atoms in total. The molecule has 0 radical (unpaired) electrons. The molecule has 0 saturated carbocycles. The summed E-state index contributed by atoms with van der Waals surface area (Å²) in [4.78, 5) is 2.55. The van der Waals surface area contributed by atoms with Gasteiger partial charge in [-0.1, -0.05) is 257 Å². The fourth-order valence-corrected chi connectivity index (χ4v) is 14.9. The van der Waals surface area contributed by atoms with Crippen LogP contribution in [0, 0.1) is 0 Å². The second-order valence-corrected chi connectivity index (χ2v) is 25.7. The van der Waals surface area contributed by atoms with Crippen LogP contribution >= 0.6 is 0 Å². The topological polar surface area (TPSA) is 3.24 Å². The van der Waals surface area contributed by atoms with Gasteiger partial charge < -0.3 is 4.90 Å². The highest BCUT2D eigenvalue weighted by atomic mass is 15.1. The lowest BCUT2D eigenvalue weighted by atomic mass is 9.55. The summed E-state index contributed by atoms with van der Waals surface area (Å²) in [5.41, 5.74) is 28.5. The molecule has 0 N–H and O–H groups in total. The van der Waals surface area contributed by atoms with Crippen LogP contribution in [0.5, 0.6) is 0 Å². The highest BCUT2D eigenvalue weighted by Crippen LogP contribution is 2.65. The molecule has 4 aliphatic carbocycles. The molecule has 4 aliphatic rings. The fourth-order valence-electron chi connectivity index (χ4n) is 14.9. The van der Waals surface area contributed by atoms with Gasteiger partial charge in [0.2, 0.25) is 0 Å². The highest BCUT2D eigenvalue weighted by Gasteiger charge is 2.56. The van der Waals surface area contributed by atoms with Crippen LogP contribution in [-0.2, 0) is 32.5 Å². The molecule has 0 fully saturated rings. The van der Waals surface area contributed by atoms with Crippen LogP contribution in [0.25, 0.3) is 33.4 Å². The standard InChI is InChI=1S/C76H67N/c1-71(2,3)50-34-42-65-69(44-50)73(7,8)61-28-18-20-30-63(61)75(65)59-26-16-14-24-55(59)57-40-38-53(46-67(57)75)77(52-36-32-49(33-37-52)48-22-12-11-13-23-48)54-39-41-58-56-25-15-17-27-60(56)76(68(58)47-54)64-31-21-19-29-62(64)74(9,10)70-45-51(72(4,5)6)35-43-66(70)76/h11-47H,1-10H3. The Kier molecular flexibility index (Phi) is 10.0. The van der Waals surface area contributed by atoms with Crippen molar-refractivity contribution in [1.82, 2.24) is 0 Å². The molecule has 0 aliphatic heterocycles. The van der Waals surface area contributed by atoms with E-state index in [1.54, 1.807) is 0 Å². The van der Waals surface area contributed by atoms with Crippen molar-refractivity contribution in [2.45, 2.75) is 102 Å². The van der Waals surface area contributed by atoms with E-state index in [4.69, 9.17) is 0 Å². The molecular formula is C76H67N. The Morgan fingerprint density at radius 1 is 0.260 bits per heavy atom. The number of nitrogens with zero attached hydrogens (tertiary/aromatic N) is 1. The Hall–Kier alpha value is -8.00. The molecule has 10 aromatic carbocycles. The van der Waals surface area contributed by atoms with E-state index in [0.29, 0.717) is 0 Å². The molecule has 0 saturated heterocycles. The lowest BCUT2D eigenvalue weighted by Crippen LogP contribution is -2.41. The Balaban J connectivity index is 1.05. The molecule has 77 heavy (non-hydrogen) atoms. The molecule has 0 bridgehead atoms. The van der Waals surface area contributed by atoms with Crippen LogP contribution in [0.3, 0.4) is 0 Å². The van der Waals surface area contributed by atoms with E-state index in [1.165, 1.54) is 111 Å². The molecule has 376 valence electrons. The lowest BCUT2D eigenvalue weighted by Gasteiger charge is -2.47. The van der Waals surface area contributed by atoms with E-state index in [2.05, 4.69) is 299 Å². The van der Waals surface area contributed by atoms with Gasteiger partial charge in [0, 0.05) is 27.9 Å². The van der Waals surface area contributed by atoms with Crippen molar-refractivity contribution in [2.24, 2.45) is 0 Å². The van der Waals surface area contributed by atoms with Crippen molar-refractivity contribution >= 4 is 17.1 Å². The summed E-state index contributed by atoms with van der Waals surface area (Å²) < 4.78 is 0. The number of benzene rings is 10. The molecule has 2 spiro atoms. The summed E-state index contributed by atoms with van der Waals surface area (Å²) in [5, 5.41) is 0. The van der Waals surface area contributed by atoms with Crippen molar-refractivity contribution < 1.29 is 0 Å². The van der Waals surface area contributed by atoms with Crippen LogP contribution in [0.2, 0.25) is 0 Å². The summed E-state index contributed by atoms with van der Waals surface area (Å²) in [7, 11) is 0. The van der Waals surface area contributed by atoms with E-state index >= 15 is 0 Å². The highest BCUT2D eigenvalue weighted by molar-refractivity contribution is 5.94. The monoisotopic (exact) mass is 994 g/mol. The summed E-state index contributed by atoms with van der Waals surface area (Å²) >= 11 is 0. The zero-order valence-electron chi connectivity index (χ0n) is 46.3. The van der Waals surface area contributed by atoms with Gasteiger partial charge in [0.15, 0.2) is 0 Å². The van der Waals surface area contributed by atoms with Crippen LogP contribution in [0.4, 0.5) is 17.1 Å². The quantitative estimate of drug-likeness (QED) is 0.170. The minimum Gasteiger partial charge on any atom is -0.310 e. The Morgan fingerprint density at radius 2 is 0.597 bits per heavy atom. The van der Waals surface area contributed by atoms with Gasteiger partial charge >= 0.3 is 0 Å². The summed E-state index contributed by atoms with van der Waals surface area (Å²) in [6.45, 7) is 23.8. The second-order valence-electron chi connectivity index (χ2n) is 25.7. The third kappa shape index (κ3) is 6.47. The number of hydrogen-bond acceptors (Lipinski definition) is 1. The van der Waals surface area contributed by atoms with Crippen LogP contribution in [0.15, 0.2) is 224 Å². The summed E-state index contributed by atoms with van der Waals surface area (Å²) in [6.07, 6.45) is 0. The first kappa shape index (κ1) is 47.5. The molecule has 14 rings (SSSR count). The predicted octanol–water partition coefficient (Wildman–Crippen LogP) is 19.4. The summed E-state index contributed by atoms with van der Waals surface area (Å²) in [6, 6.07) is 86.9. The van der Waals surface area contributed by atoms with E-state index in [9.17, 15) is 0 Å². The van der Waals surface area contributed by atoms with Crippen LogP contribution in [0.1, 0.15) is 147 Å². The third-order valence-corrected chi connectivity index (χ3v) is 18.7. The molecule has 1 heteroatoms. The minimum absolute atomic E-state index is 0.00633. The fraction of sp³-hybridized carbons (Fsp3) is 0.211. The molecule has 10 aromatic rings. The molecular weight excluding hydrogens is 927 g/mol. The van der Waals surface area contributed by atoms with Crippen molar-refractivity contribution in [3.63, 3.8) is 0 Å². The van der Waals surface area contributed by atoms with Crippen LogP contribution in [-0.4, -0.2) is 0 Å². The van der Waals surface area contributed by atoms with Gasteiger partial charge in [-0.15, -0.1) is 0 Å². The molecule has 0 heterocycles. The third-order valence-electron chi connectivity index (χ3n) is 18.7. The van der Waals surface area contributed by atoms with Crippen molar-refractivity contribution in [3.8, 4) is 33.4 Å². The minimum atomic E-state index is -0.555. The maximum absolute atomic E-state index is 2.57. The summed E-state index contributed by atoms with van der Waals surface area (Å²) in [5.74, 6) is 0. The molecule has 2 atom stereocenters. The van der Waals surface area contributed by atoms with Gasteiger partial charge in [-0.05, 0) is 158 Å². The first-order valence-corrected chi connectivity index (χ1v) is 27.9. The molecule has 2 unspecified atom stereocenters. The normalized spacial score (nSPS) is 18.6. The van der Waals surface area contributed by atoms with E-state index in [-0.39, 0.29) is 21.7 Å². The van der Waals surface area contributed by atoms with E-state index in [0.717, 1.165) is 17.1 Å². The number of fused-ring (bicyclic) bond motifs is 18. The van der Waals surface area contributed by atoms with Crippen LogP contribution < -0.4 is 4.90 Å². The molecule has 0 aromatic heterocycles. The maximum Gasteiger partial charge on any atom is 0.0720 e. The number of anilines is 3. The zero-order valence-corrected chi connectivity index (χ0v) is 46.3. The first-order chi connectivity index (χ1) is 37.0. The average Bonchev–Trinajstić information content (AvgIpc) is 3.93. The van der Waals surface area contributed by atoms with Gasteiger partial charge in [-0.3, -0.25) is 0 Å². The maximum atomic E-state index is 2.57. The van der Waals surface area contributed by atoms with Gasteiger partial charge in [0.1, 0.15) is 0 Å². The number of rotatable bonds is 4. The zero-order chi connectivity index (χ0) is 53.0. The predicted molar refractivity (Wildman–Crippen MR) is 323 cm³/mol. The van der Waals surface area contributed by atoms with Gasteiger partial charge in [0.05, 0.1) is 10.8 Å².